The first-order valence-corrected chi connectivity index (χ1v) is 5.97. The average molecular weight is 236 g/mol. The Morgan fingerprint density at radius 3 is 2.00 bits per heavy atom. The molecule has 18 heavy (non-hydrogen) atoms. The van der Waals surface area contributed by atoms with Crippen LogP contribution in [0.4, 0.5) is 0 Å². The second-order valence-corrected chi connectivity index (χ2v) is 4.00. The normalized spacial score (nSPS) is 30.4. The van der Waals surface area contributed by atoms with Crippen molar-refractivity contribution in [3.8, 4) is 0 Å². The third kappa shape index (κ3) is 3.95. The van der Waals surface area contributed by atoms with Gasteiger partial charge in [0.15, 0.2) is 0 Å². The van der Waals surface area contributed by atoms with Gasteiger partial charge in [-0.15, -0.1) is 0 Å². The van der Waals surface area contributed by atoms with Crippen LogP contribution >= 0.6 is 0 Å². The summed E-state index contributed by atoms with van der Waals surface area (Å²) < 4.78 is 5.73. The largest absolute Gasteiger partial charge is 0.457 e. The maximum Gasteiger partial charge on any atom is 0.127 e. The summed E-state index contributed by atoms with van der Waals surface area (Å²) in [5.41, 5.74) is 1.19. The highest BCUT2D eigenvalue weighted by Crippen LogP contribution is 2.19. The maximum atomic E-state index is 5.73. The lowest BCUT2D eigenvalue weighted by Crippen LogP contribution is -1.95. The highest BCUT2D eigenvalue weighted by atomic mass is 16.5. The van der Waals surface area contributed by atoms with E-state index in [0.717, 1.165) is 11.5 Å². The molecule has 0 fully saturated rings. The van der Waals surface area contributed by atoms with Gasteiger partial charge in [-0.2, -0.15) is 0 Å². The van der Waals surface area contributed by atoms with Gasteiger partial charge >= 0.3 is 0 Å². The van der Waals surface area contributed by atoms with Crippen molar-refractivity contribution >= 4 is 0 Å². The van der Waals surface area contributed by atoms with E-state index in [2.05, 4.69) is 6.92 Å². The molecule has 2 heterocycles. The fraction of sp³-hybridized carbons (Fsp3) is 0.0588. The Kier molecular flexibility index (Phi) is 4.37. The first-order chi connectivity index (χ1) is 8.84. The lowest BCUT2D eigenvalue weighted by molar-refractivity contribution is 0.331. The molecule has 0 saturated heterocycles. The highest BCUT2D eigenvalue weighted by molar-refractivity contribution is 5.38. The van der Waals surface area contributed by atoms with Gasteiger partial charge in [0.25, 0.3) is 0 Å². The lowest BCUT2D eigenvalue weighted by Gasteiger charge is -2.12. The van der Waals surface area contributed by atoms with Crippen LogP contribution in [-0.4, -0.2) is 0 Å². The van der Waals surface area contributed by atoms with Crippen molar-refractivity contribution in [1.82, 2.24) is 0 Å². The number of fused-ring (bicyclic) bond motifs is 2. The Labute approximate surface area is 108 Å². The van der Waals surface area contributed by atoms with Crippen LogP contribution in [0, 0.1) is 0 Å². The van der Waals surface area contributed by atoms with Crippen molar-refractivity contribution < 1.29 is 4.74 Å². The van der Waals surface area contributed by atoms with Crippen molar-refractivity contribution in [2.75, 3.05) is 0 Å². The third-order valence-electron chi connectivity index (χ3n) is 2.39. The van der Waals surface area contributed by atoms with Crippen LogP contribution in [0.5, 0.6) is 0 Å². The number of ether oxygens (including phenoxy) is 1. The van der Waals surface area contributed by atoms with Crippen molar-refractivity contribution in [2.24, 2.45) is 0 Å². The Hall–Kier alpha value is -2.28. The molecule has 0 atom stereocenters. The Balaban J connectivity index is 2.29. The molecule has 2 bridgehead atoms. The Bertz CT molecular complexity index is 529. The van der Waals surface area contributed by atoms with E-state index in [1.165, 1.54) is 5.57 Å². The summed E-state index contributed by atoms with van der Waals surface area (Å²) in [5, 5.41) is 0. The fourth-order valence-corrected chi connectivity index (χ4v) is 1.60. The number of allylic oxidation sites excluding steroid dienone is 14. The van der Waals surface area contributed by atoms with E-state index in [4.69, 9.17) is 4.74 Å². The van der Waals surface area contributed by atoms with Gasteiger partial charge < -0.3 is 4.74 Å². The summed E-state index contributed by atoms with van der Waals surface area (Å²) in [4.78, 5) is 0. The predicted octanol–water partition coefficient (Wildman–Crippen LogP) is 4.53. The van der Waals surface area contributed by atoms with Crippen LogP contribution in [0.1, 0.15) is 6.92 Å². The molecule has 0 aliphatic carbocycles. The monoisotopic (exact) mass is 236 g/mol. The molecule has 0 aromatic heterocycles. The van der Waals surface area contributed by atoms with E-state index in [9.17, 15) is 0 Å². The van der Waals surface area contributed by atoms with Crippen LogP contribution in [0.25, 0.3) is 0 Å². The van der Waals surface area contributed by atoms with Crippen molar-refractivity contribution in [1.29, 1.82) is 0 Å². The minimum absolute atomic E-state index is 0.857. The van der Waals surface area contributed by atoms with E-state index in [1.54, 1.807) is 0 Å². The van der Waals surface area contributed by atoms with Crippen LogP contribution < -0.4 is 0 Å². The molecule has 0 N–H and O–H groups in total. The smallest absolute Gasteiger partial charge is 0.127 e. The molecule has 90 valence electrons. The quantitative estimate of drug-likeness (QED) is 0.600. The first-order valence-electron chi connectivity index (χ1n) is 5.97. The summed E-state index contributed by atoms with van der Waals surface area (Å²) in [6.45, 7) is 2.06. The van der Waals surface area contributed by atoms with Gasteiger partial charge in [0.2, 0.25) is 0 Å². The first kappa shape index (κ1) is 12.2. The zero-order valence-electron chi connectivity index (χ0n) is 10.4. The Morgan fingerprint density at radius 2 is 1.28 bits per heavy atom. The van der Waals surface area contributed by atoms with Gasteiger partial charge in [-0.25, -0.2) is 0 Å². The van der Waals surface area contributed by atoms with Gasteiger partial charge in [0, 0.05) is 0 Å². The molecular formula is C17H16O. The molecule has 2 aliphatic rings. The van der Waals surface area contributed by atoms with Gasteiger partial charge in [-0.05, 0) is 36.8 Å². The molecule has 0 amide bonds. The number of rotatable bonds is 0. The van der Waals surface area contributed by atoms with Gasteiger partial charge in [-0.1, -0.05) is 54.7 Å². The zero-order valence-corrected chi connectivity index (χ0v) is 10.4. The third-order valence-corrected chi connectivity index (χ3v) is 2.39. The van der Waals surface area contributed by atoms with Crippen molar-refractivity contribution in [3.63, 3.8) is 0 Å². The zero-order chi connectivity index (χ0) is 12.6. The maximum absolute atomic E-state index is 5.73. The summed E-state index contributed by atoms with van der Waals surface area (Å²) >= 11 is 0. The molecule has 0 radical (unpaired) electrons. The second kappa shape index (κ2) is 6.45. The molecular weight excluding hydrogens is 220 g/mol. The molecule has 1 nitrogen and oxygen atoms in total. The minimum Gasteiger partial charge on any atom is -0.457 e. The SMILES string of the molecule is CC1=C\C2=C/C=C\C=C\C=C/C=C/C=C/C(=C1)O2. The van der Waals surface area contributed by atoms with Crippen LogP contribution in [0.3, 0.4) is 0 Å². The minimum atomic E-state index is 0.857. The van der Waals surface area contributed by atoms with Crippen molar-refractivity contribution in [3.05, 3.63) is 96.1 Å². The summed E-state index contributed by atoms with van der Waals surface area (Å²) in [6.07, 6.45) is 25.8. The van der Waals surface area contributed by atoms with Crippen molar-refractivity contribution in [2.45, 2.75) is 6.92 Å². The van der Waals surface area contributed by atoms with Gasteiger partial charge in [-0.3, -0.25) is 0 Å². The molecule has 2 rings (SSSR count). The Morgan fingerprint density at radius 1 is 0.667 bits per heavy atom. The van der Waals surface area contributed by atoms with Crippen LogP contribution in [-0.2, 0) is 4.74 Å². The highest BCUT2D eigenvalue weighted by Gasteiger charge is 2.04. The number of hydrogen-bond acceptors (Lipinski definition) is 1. The predicted molar refractivity (Wildman–Crippen MR) is 76.7 cm³/mol. The summed E-state index contributed by atoms with van der Waals surface area (Å²) in [6, 6.07) is 0. The van der Waals surface area contributed by atoms with Gasteiger partial charge in [0.1, 0.15) is 11.5 Å². The second-order valence-electron chi connectivity index (χ2n) is 4.00. The van der Waals surface area contributed by atoms with E-state index in [0.29, 0.717) is 0 Å². The lowest BCUT2D eigenvalue weighted by atomic mass is 10.1. The molecule has 0 aromatic rings. The van der Waals surface area contributed by atoms with E-state index in [1.807, 2.05) is 79.0 Å². The molecule has 1 heteroatoms. The van der Waals surface area contributed by atoms with Gasteiger partial charge in [0.05, 0.1) is 0 Å². The topological polar surface area (TPSA) is 9.23 Å². The van der Waals surface area contributed by atoms with E-state index >= 15 is 0 Å². The van der Waals surface area contributed by atoms with E-state index < -0.39 is 0 Å². The molecule has 0 aromatic carbocycles. The average Bonchev–Trinajstić information content (AvgIpc) is 2.34. The standard InChI is InChI=1S/C17H16O/c1-15-13-16-11-9-7-5-3-2-4-6-8-10-12-17(14-15)18-16/h2-14H,1H3/b3-2-,4-2?,5-3?,6-4+,7-5+,8-6?,9-7?,10-8-,11-9+,12-10?,16-11?,17-12+. The summed E-state index contributed by atoms with van der Waals surface area (Å²) in [5.74, 6) is 1.71. The summed E-state index contributed by atoms with van der Waals surface area (Å²) in [7, 11) is 0. The molecule has 2 aliphatic heterocycles. The van der Waals surface area contributed by atoms with Crippen LogP contribution in [0.2, 0.25) is 0 Å². The number of hydrogen-bond donors (Lipinski definition) is 0. The van der Waals surface area contributed by atoms with E-state index in [-0.39, 0.29) is 0 Å². The molecule has 0 saturated carbocycles. The van der Waals surface area contributed by atoms with Crippen LogP contribution in [0.15, 0.2) is 96.1 Å². The molecule has 0 spiro atoms. The fourth-order valence-electron chi connectivity index (χ4n) is 1.60. The molecule has 0 unspecified atom stereocenters.